The Kier molecular flexibility index (Phi) is 3.89. The zero-order valence-corrected chi connectivity index (χ0v) is 8.82. The number of rotatable bonds is 3. The lowest BCUT2D eigenvalue weighted by atomic mass is 10.2. The Hall–Kier alpha value is -1.80. The molecule has 0 aliphatic carbocycles. The Balaban J connectivity index is 2.86. The van der Waals surface area contributed by atoms with Gasteiger partial charge in [-0.25, -0.2) is 0 Å². The van der Waals surface area contributed by atoms with Crippen LogP contribution in [0, 0.1) is 20.8 Å². The summed E-state index contributed by atoms with van der Waals surface area (Å²) >= 11 is 1.06. The number of nitriles is 1. The summed E-state index contributed by atoms with van der Waals surface area (Å²) in [4.78, 5) is 10.8. The van der Waals surface area contributed by atoms with Crippen molar-refractivity contribution in [2.75, 3.05) is 0 Å². The van der Waals surface area contributed by atoms with Gasteiger partial charge >= 0.3 is 0 Å². The van der Waals surface area contributed by atoms with Gasteiger partial charge in [0.15, 0.2) is 0 Å². The fourth-order valence-corrected chi connectivity index (χ4v) is 1.36. The van der Waals surface area contributed by atoms with Crippen LogP contribution >= 0.6 is 11.8 Å². The molecule has 0 saturated heterocycles. The largest absolute Gasteiger partial charge is 0.259 e. The average molecular weight is 220 g/mol. The van der Waals surface area contributed by atoms with Crippen LogP contribution in [0.2, 0.25) is 0 Å². The summed E-state index contributed by atoms with van der Waals surface area (Å²) in [6, 6.07) is 7.00. The molecule has 0 unspecified atom stereocenters. The molecule has 76 valence electrons. The van der Waals surface area contributed by atoms with E-state index in [0.717, 1.165) is 22.2 Å². The Bertz CT molecular complexity index is 432. The van der Waals surface area contributed by atoms with Gasteiger partial charge in [0.25, 0.3) is 0 Å². The lowest BCUT2D eigenvalue weighted by Crippen LogP contribution is -1.92. The van der Waals surface area contributed by atoms with Gasteiger partial charge in [0.05, 0.1) is 4.92 Å². The summed E-state index contributed by atoms with van der Waals surface area (Å²) in [5.41, 5.74) is 0.849. The van der Waals surface area contributed by atoms with Crippen LogP contribution in [-0.2, 0) is 0 Å². The normalized spacial score (nSPS) is 10.8. The van der Waals surface area contributed by atoms with Crippen molar-refractivity contribution in [2.45, 2.75) is 11.8 Å². The van der Waals surface area contributed by atoms with E-state index in [9.17, 15) is 10.1 Å². The molecule has 0 aliphatic rings. The van der Waals surface area contributed by atoms with Crippen LogP contribution in [0.15, 0.2) is 34.9 Å². The monoisotopic (exact) mass is 220 g/mol. The maximum atomic E-state index is 10.4. The third-order valence-corrected chi connectivity index (χ3v) is 2.31. The molecule has 0 aromatic heterocycles. The molecule has 4 nitrogen and oxygen atoms in total. The van der Waals surface area contributed by atoms with Crippen LogP contribution < -0.4 is 0 Å². The third kappa shape index (κ3) is 3.44. The van der Waals surface area contributed by atoms with Gasteiger partial charge in [0, 0.05) is 17.9 Å². The highest BCUT2D eigenvalue weighted by molar-refractivity contribution is 8.03. The zero-order chi connectivity index (χ0) is 11.3. The number of hydrogen-bond acceptors (Lipinski definition) is 4. The van der Waals surface area contributed by atoms with Crippen molar-refractivity contribution < 1.29 is 4.92 Å². The van der Waals surface area contributed by atoms with Crippen LogP contribution in [0.4, 0.5) is 0 Å². The van der Waals surface area contributed by atoms with Gasteiger partial charge in [-0.2, -0.15) is 5.26 Å². The summed E-state index contributed by atoms with van der Waals surface area (Å²) in [7, 11) is 0. The lowest BCUT2D eigenvalue weighted by Gasteiger charge is -1.95. The summed E-state index contributed by atoms with van der Waals surface area (Å²) < 4.78 is 0. The first kappa shape index (κ1) is 11.3. The van der Waals surface area contributed by atoms with E-state index in [-0.39, 0.29) is 5.70 Å². The highest BCUT2D eigenvalue weighted by Gasteiger charge is 2.01. The molecule has 0 amide bonds. The second-order valence-corrected chi connectivity index (χ2v) is 3.66. The minimum atomic E-state index is -0.433. The molecule has 0 bridgehead atoms. The van der Waals surface area contributed by atoms with Crippen LogP contribution in [0.3, 0.4) is 0 Å². The van der Waals surface area contributed by atoms with Crippen molar-refractivity contribution in [1.29, 1.82) is 5.26 Å². The van der Waals surface area contributed by atoms with Crippen LogP contribution in [0.25, 0.3) is 6.08 Å². The molecule has 5 heteroatoms. The van der Waals surface area contributed by atoms with E-state index in [2.05, 4.69) is 0 Å². The topological polar surface area (TPSA) is 66.9 Å². The Morgan fingerprint density at radius 2 is 2.13 bits per heavy atom. The maximum absolute atomic E-state index is 10.4. The highest BCUT2D eigenvalue weighted by atomic mass is 32.2. The first-order valence-electron chi connectivity index (χ1n) is 4.12. The van der Waals surface area contributed by atoms with E-state index in [0.29, 0.717) is 0 Å². The Labute approximate surface area is 91.4 Å². The molecule has 15 heavy (non-hydrogen) atoms. The van der Waals surface area contributed by atoms with E-state index in [1.54, 1.807) is 24.3 Å². The molecule has 0 fully saturated rings. The Morgan fingerprint density at radius 1 is 1.53 bits per heavy atom. The van der Waals surface area contributed by atoms with Crippen molar-refractivity contribution in [3.05, 3.63) is 45.6 Å². The van der Waals surface area contributed by atoms with Gasteiger partial charge < -0.3 is 0 Å². The van der Waals surface area contributed by atoms with E-state index in [1.165, 1.54) is 13.0 Å². The predicted octanol–water partition coefficient (Wildman–Crippen LogP) is 2.90. The number of nitrogens with zero attached hydrogens (tertiary/aromatic N) is 2. The summed E-state index contributed by atoms with van der Waals surface area (Å²) in [5.74, 6) is 0. The van der Waals surface area contributed by atoms with Crippen molar-refractivity contribution in [3.8, 4) is 5.40 Å². The first-order chi connectivity index (χ1) is 7.13. The number of benzene rings is 1. The van der Waals surface area contributed by atoms with Gasteiger partial charge in [-0.05, 0) is 29.5 Å². The van der Waals surface area contributed by atoms with Crippen LogP contribution in [-0.4, -0.2) is 4.92 Å². The van der Waals surface area contributed by atoms with E-state index in [4.69, 9.17) is 5.26 Å². The Morgan fingerprint density at radius 3 is 2.60 bits per heavy atom. The second-order valence-electron chi connectivity index (χ2n) is 2.81. The molecule has 0 atom stereocenters. The molecule has 0 spiro atoms. The van der Waals surface area contributed by atoms with Crippen molar-refractivity contribution in [3.63, 3.8) is 0 Å². The molecule has 0 heterocycles. The molecule has 0 saturated carbocycles. The summed E-state index contributed by atoms with van der Waals surface area (Å²) in [6.07, 6.45) is 1.49. The average Bonchev–Trinajstić information content (AvgIpc) is 2.21. The second kappa shape index (κ2) is 5.17. The number of thiocyanates is 1. The summed E-state index contributed by atoms with van der Waals surface area (Å²) in [6.45, 7) is 1.44. The number of allylic oxidation sites excluding steroid dienone is 1. The van der Waals surface area contributed by atoms with Crippen LogP contribution in [0.1, 0.15) is 12.5 Å². The van der Waals surface area contributed by atoms with E-state index < -0.39 is 4.92 Å². The predicted molar refractivity (Wildman–Crippen MR) is 58.6 cm³/mol. The number of nitro groups is 1. The quantitative estimate of drug-likeness (QED) is 0.340. The van der Waals surface area contributed by atoms with Gasteiger partial charge in [0.2, 0.25) is 5.70 Å². The molecular formula is C10H8N2O2S. The van der Waals surface area contributed by atoms with Crippen LogP contribution in [0.5, 0.6) is 0 Å². The molecule has 0 N–H and O–H groups in total. The summed E-state index contributed by atoms with van der Waals surface area (Å²) in [5, 5.41) is 20.7. The highest BCUT2D eigenvalue weighted by Crippen LogP contribution is 2.17. The van der Waals surface area contributed by atoms with Crippen molar-refractivity contribution in [2.24, 2.45) is 0 Å². The smallest absolute Gasteiger partial charge is 0.243 e. The van der Waals surface area contributed by atoms with Gasteiger partial charge in [-0.3, -0.25) is 10.1 Å². The lowest BCUT2D eigenvalue weighted by molar-refractivity contribution is -0.422. The molecule has 1 aromatic carbocycles. The molecule has 0 aliphatic heterocycles. The van der Waals surface area contributed by atoms with Crippen molar-refractivity contribution >= 4 is 17.8 Å². The van der Waals surface area contributed by atoms with Gasteiger partial charge in [0.1, 0.15) is 5.40 Å². The van der Waals surface area contributed by atoms with Gasteiger partial charge in [-0.1, -0.05) is 12.1 Å². The fourth-order valence-electron chi connectivity index (χ4n) is 0.979. The van der Waals surface area contributed by atoms with E-state index >= 15 is 0 Å². The number of hydrogen-bond donors (Lipinski definition) is 0. The molecule has 1 rings (SSSR count). The standard InChI is InChI=1S/C10H8N2O2S/c1-8(12(13)14)6-9-2-4-10(5-3-9)15-7-11/h2-6H,1H3/b8-6-. The van der Waals surface area contributed by atoms with E-state index in [1.807, 2.05) is 5.40 Å². The number of thioether (sulfide) groups is 1. The fraction of sp³-hybridized carbons (Fsp3) is 0.100. The minimum absolute atomic E-state index is 0.0932. The molecule has 0 radical (unpaired) electrons. The molecular weight excluding hydrogens is 212 g/mol. The minimum Gasteiger partial charge on any atom is -0.259 e. The molecule has 1 aromatic rings. The van der Waals surface area contributed by atoms with Gasteiger partial charge in [-0.15, -0.1) is 0 Å². The maximum Gasteiger partial charge on any atom is 0.243 e. The first-order valence-corrected chi connectivity index (χ1v) is 4.94. The SMILES string of the molecule is C/C(=C/c1ccc(SC#N)cc1)[N+](=O)[O-]. The zero-order valence-electron chi connectivity index (χ0n) is 8.01. The third-order valence-electron chi connectivity index (χ3n) is 1.71. The van der Waals surface area contributed by atoms with Crippen molar-refractivity contribution in [1.82, 2.24) is 0 Å².